The second-order valence-corrected chi connectivity index (χ2v) is 3.70. The molecule has 0 atom stereocenters. The van der Waals surface area contributed by atoms with Gasteiger partial charge in [-0.05, 0) is 24.1 Å². The number of amides is 1. The third kappa shape index (κ3) is 3.14. The van der Waals surface area contributed by atoms with Gasteiger partial charge in [-0.2, -0.15) is 5.10 Å². The Morgan fingerprint density at radius 2 is 2.35 bits per heavy atom. The largest absolute Gasteiger partial charge is 0.324 e. The summed E-state index contributed by atoms with van der Waals surface area (Å²) in [6.07, 6.45) is 3.87. The molecule has 0 spiro atoms. The summed E-state index contributed by atoms with van der Waals surface area (Å²) in [4.78, 5) is 15.5. The first-order valence-corrected chi connectivity index (χ1v) is 5.49. The van der Waals surface area contributed by atoms with Gasteiger partial charge in [0.1, 0.15) is 19.2 Å². The number of anilines is 1. The summed E-state index contributed by atoms with van der Waals surface area (Å²) in [5.41, 5.74) is 2.01. The van der Waals surface area contributed by atoms with Crippen molar-refractivity contribution in [2.75, 3.05) is 5.32 Å². The van der Waals surface area contributed by atoms with Crippen LogP contribution in [0.4, 0.5) is 5.69 Å². The maximum atomic E-state index is 11.7. The molecule has 0 aliphatic carbocycles. The first-order chi connectivity index (χ1) is 8.28. The molecule has 2 rings (SSSR count). The Kier molecular flexibility index (Phi) is 3.49. The molecule has 0 aliphatic rings. The van der Waals surface area contributed by atoms with Crippen LogP contribution < -0.4 is 5.32 Å². The third-order valence-corrected chi connectivity index (χ3v) is 2.39. The zero-order valence-corrected chi connectivity index (χ0v) is 9.63. The highest BCUT2D eigenvalue weighted by Crippen LogP contribution is 2.10. The van der Waals surface area contributed by atoms with E-state index >= 15 is 0 Å². The zero-order chi connectivity index (χ0) is 12.1. The SMILES string of the molecule is CCc1cccc(NC(=O)Cn2cncn2)c1. The predicted molar refractivity (Wildman–Crippen MR) is 64.5 cm³/mol. The van der Waals surface area contributed by atoms with E-state index in [9.17, 15) is 4.79 Å². The van der Waals surface area contributed by atoms with E-state index in [0.29, 0.717) is 0 Å². The number of nitrogens with zero attached hydrogens (tertiary/aromatic N) is 3. The van der Waals surface area contributed by atoms with E-state index in [1.54, 1.807) is 0 Å². The van der Waals surface area contributed by atoms with Gasteiger partial charge < -0.3 is 5.32 Å². The summed E-state index contributed by atoms with van der Waals surface area (Å²) < 4.78 is 1.49. The lowest BCUT2D eigenvalue weighted by molar-refractivity contribution is -0.116. The quantitative estimate of drug-likeness (QED) is 0.865. The summed E-state index contributed by atoms with van der Waals surface area (Å²) in [5, 5.41) is 6.70. The van der Waals surface area contributed by atoms with Gasteiger partial charge in [-0.1, -0.05) is 19.1 Å². The number of carbonyl (C=O) groups excluding carboxylic acids is 1. The summed E-state index contributed by atoms with van der Waals surface area (Å²) in [6, 6.07) is 7.81. The fourth-order valence-electron chi connectivity index (χ4n) is 1.53. The van der Waals surface area contributed by atoms with Crippen molar-refractivity contribution >= 4 is 11.6 Å². The molecule has 1 heterocycles. The lowest BCUT2D eigenvalue weighted by atomic mass is 10.1. The van der Waals surface area contributed by atoms with Crippen molar-refractivity contribution < 1.29 is 4.79 Å². The third-order valence-electron chi connectivity index (χ3n) is 2.39. The molecule has 0 radical (unpaired) electrons. The van der Waals surface area contributed by atoms with Crippen molar-refractivity contribution in [3.8, 4) is 0 Å². The maximum Gasteiger partial charge on any atom is 0.246 e. The molecule has 17 heavy (non-hydrogen) atoms. The fourth-order valence-corrected chi connectivity index (χ4v) is 1.53. The van der Waals surface area contributed by atoms with Crippen LogP contribution in [-0.4, -0.2) is 20.7 Å². The predicted octanol–water partition coefficient (Wildman–Crippen LogP) is 1.48. The lowest BCUT2D eigenvalue weighted by Crippen LogP contribution is -2.19. The molecule has 0 unspecified atom stereocenters. The molecular weight excluding hydrogens is 216 g/mol. The molecule has 5 heteroatoms. The van der Waals surface area contributed by atoms with Gasteiger partial charge in [-0.15, -0.1) is 0 Å². The van der Waals surface area contributed by atoms with Gasteiger partial charge in [0.2, 0.25) is 5.91 Å². The summed E-state index contributed by atoms with van der Waals surface area (Å²) in [7, 11) is 0. The van der Waals surface area contributed by atoms with Crippen LogP contribution in [0.3, 0.4) is 0 Å². The van der Waals surface area contributed by atoms with Gasteiger partial charge in [0.05, 0.1) is 0 Å². The average molecular weight is 230 g/mol. The Labute approximate surface area is 99.5 Å². The van der Waals surface area contributed by atoms with Crippen LogP contribution in [0.15, 0.2) is 36.9 Å². The van der Waals surface area contributed by atoms with Crippen molar-refractivity contribution in [2.45, 2.75) is 19.9 Å². The van der Waals surface area contributed by atoms with Crippen molar-refractivity contribution in [1.82, 2.24) is 14.8 Å². The molecule has 0 saturated heterocycles. The van der Waals surface area contributed by atoms with Gasteiger partial charge >= 0.3 is 0 Å². The molecule has 0 aliphatic heterocycles. The molecule has 1 amide bonds. The van der Waals surface area contributed by atoms with Crippen LogP contribution in [0.25, 0.3) is 0 Å². The highest BCUT2D eigenvalue weighted by Gasteiger charge is 2.04. The van der Waals surface area contributed by atoms with Crippen LogP contribution in [-0.2, 0) is 17.8 Å². The Bertz CT molecular complexity index is 493. The van der Waals surface area contributed by atoms with Crippen LogP contribution in [0.5, 0.6) is 0 Å². The summed E-state index contributed by atoms with van der Waals surface area (Å²) >= 11 is 0. The van der Waals surface area contributed by atoms with Crippen molar-refractivity contribution in [2.24, 2.45) is 0 Å². The first-order valence-electron chi connectivity index (χ1n) is 5.49. The number of nitrogens with one attached hydrogen (secondary N) is 1. The monoisotopic (exact) mass is 230 g/mol. The second kappa shape index (κ2) is 5.25. The highest BCUT2D eigenvalue weighted by atomic mass is 16.2. The van der Waals surface area contributed by atoms with E-state index in [2.05, 4.69) is 22.3 Å². The Hall–Kier alpha value is -2.17. The topological polar surface area (TPSA) is 59.8 Å². The standard InChI is InChI=1S/C12H14N4O/c1-2-10-4-3-5-11(6-10)15-12(17)7-16-9-13-8-14-16/h3-6,8-9H,2,7H2,1H3,(H,15,17). The fraction of sp³-hybridized carbons (Fsp3) is 0.250. The van der Waals surface area contributed by atoms with Crippen molar-refractivity contribution in [1.29, 1.82) is 0 Å². The number of rotatable bonds is 4. The average Bonchev–Trinajstić information content (AvgIpc) is 2.82. The van der Waals surface area contributed by atoms with E-state index in [1.165, 1.54) is 22.9 Å². The van der Waals surface area contributed by atoms with E-state index in [0.717, 1.165) is 12.1 Å². The van der Waals surface area contributed by atoms with Crippen molar-refractivity contribution in [3.05, 3.63) is 42.5 Å². The summed E-state index contributed by atoms with van der Waals surface area (Å²) in [5.74, 6) is -0.108. The number of aromatic nitrogens is 3. The van der Waals surface area contributed by atoms with Gasteiger partial charge in [0.15, 0.2) is 0 Å². The molecule has 1 aromatic heterocycles. The van der Waals surface area contributed by atoms with E-state index < -0.39 is 0 Å². The molecule has 2 aromatic rings. The van der Waals surface area contributed by atoms with Crippen LogP contribution in [0.2, 0.25) is 0 Å². The van der Waals surface area contributed by atoms with E-state index in [-0.39, 0.29) is 12.5 Å². The number of aryl methyl sites for hydroxylation is 1. The second-order valence-electron chi connectivity index (χ2n) is 3.70. The highest BCUT2D eigenvalue weighted by molar-refractivity contribution is 5.90. The Balaban J connectivity index is 1.98. The molecule has 1 aromatic carbocycles. The van der Waals surface area contributed by atoms with Gasteiger partial charge in [0, 0.05) is 5.69 Å². The van der Waals surface area contributed by atoms with Crippen molar-refractivity contribution in [3.63, 3.8) is 0 Å². The molecule has 0 fully saturated rings. The van der Waals surface area contributed by atoms with E-state index in [4.69, 9.17) is 0 Å². The van der Waals surface area contributed by atoms with Crippen LogP contribution in [0, 0.1) is 0 Å². The minimum absolute atomic E-state index is 0.108. The molecule has 0 bridgehead atoms. The molecule has 1 N–H and O–H groups in total. The molecule has 88 valence electrons. The number of hydrogen-bond donors (Lipinski definition) is 1. The minimum atomic E-state index is -0.108. The van der Waals surface area contributed by atoms with Crippen LogP contribution >= 0.6 is 0 Å². The van der Waals surface area contributed by atoms with Crippen LogP contribution in [0.1, 0.15) is 12.5 Å². The number of benzene rings is 1. The zero-order valence-electron chi connectivity index (χ0n) is 9.63. The lowest BCUT2D eigenvalue weighted by Gasteiger charge is -2.06. The van der Waals surface area contributed by atoms with E-state index in [1.807, 2.05) is 24.3 Å². The van der Waals surface area contributed by atoms with Gasteiger partial charge in [-0.25, -0.2) is 9.67 Å². The normalized spacial score (nSPS) is 10.2. The molecule has 0 saturated carbocycles. The summed E-state index contributed by atoms with van der Waals surface area (Å²) in [6.45, 7) is 2.26. The Morgan fingerprint density at radius 3 is 3.06 bits per heavy atom. The van der Waals surface area contributed by atoms with Gasteiger partial charge in [0.25, 0.3) is 0 Å². The molecule has 5 nitrogen and oxygen atoms in total. The smallest absolute Gasteiger partial charge is 0.246 e. The van der Waals surface area contributed by atoms with Gasteiger partial charge in [-0.3, -0.25) is 4.79 Å². The number of carbonyl (C=O) groups is 1. The first kappa shape index (κ1) is 11.3. The minimum Gasteiger partial charge on any atom is -0.324 e. The molecular formula is C12H14N4O. The number of hydrogen-bond acceptors (Lipinski definition) is 3. The Morgan fingerprint density at radius 1 is 1.47 bits per heavy atom. The maximum absolute atomic E-state index is 11.7.